The number of sulfonamides is 1. The minimum Gasteiger partial charge on any atom is -0.225 e. The van der Waals surface area contributed by atoms with Crippen LogP contribution in [0.4, 0.5) is 0 Å². The SMILES string of the molecule is C[Si](C)(C)c1cccc(S(N)(=O)=O)c1. The number of primary sulfonamides is 1. The van der Waals surface area contributed by atoms with E-state index in [1.165, 1.54) is 6.07 Å². The monoisotopic (exact) mass is 229 g/mol. The lowest BCUT2D eigenvalue weighted by molar-refractivity contribution is 0.598. The van der Waals surface area contributed by atoms with E-state index in [2.05, 4.69) is 19.6 Å². The first-order valence-electron chi connectivity index (χ1n) is 4.34. The van der Waals surface area contributed by atoms with E-state index in [1.54, 1.807) is 12.1 Å². The largest absolute Gasteiger partial charge is 0.238 e. The lowest BCUT2D eigenvalue weighted by Gasteiger charge is -2.16. The molecule has 14 heavy (non-hydrogen) atoms. The zero-order valence-corrected chi connectivity index (χ0v) is 10.4. The van der Waals surface area contributed by atoms with Gasteiger partial charge in [0, 0.05) is 0 Å². The van der Waals surface area contributed by atoms with Gasteiger partial charge in [0.25, 0.3) is 0 Å². The Bertz CT molecular complexity index is 434. The first-order valence-corrected chi connectivity index (χ1v) is 9.39. The molecular weight excluding hydrogens is 214 g/mol. The maximum atomic E-state index is 11.1. The number of nitrogens with two attached hydrogens (primary N) is 1. The number of benzene rings is 1. The zero-order chi connectivity index (χ0) is 11.0. The fraction of sp³-hybridized carbons (Fsp3) is 0.333. The lowest BCUT2D eigenvalue weighted by atomic mass is 10.4. The Morgan fingerprint density at radius 3 is 2.21 bits per heavy atom. The van der Waals surface area contributed by atoms with Crippen LogP contribution in [-0.4, -0.2) is 16.5 Å². The second-order valence-corrected chi connectivity index (χ2v) is 11.0. The van der Waals surface area contributed by atoms with Gasteiger partial charge < -0.3 is 0 Å². The molecule has 0 saturated heterocycles. The molecule has 1 aromatic rings. The van der Waals surface area contributed by atoms with Gasteiger partial charge in [0.2, 0.25) is 10.0 Å². The molecule has 0 amide bonds. The number of hydrogen-bond donors (Lipinski definition) is 1. The molecule has 0 heterocycles. The molecule has 0 atom stereocenters. The van der Waals surface area contributed by atoms with Crippen LogP contribution in [0.25, 0.3) is 0 Å². The molecular formula is C9H15NO2SSi. The van der Waals surface area contributed by atoms with E-state index in [0.717, 1.165) is 5.19 Å². The van der Waals surface area contributed by atoms with Crippen molar-refractivity contribution < 1.29 is 8.42 Å². The minimum atomic E-state index is -3.56. The van der Waals surface area contributed by atoms with Crippen molar-refractivity contribution in [2.75, 3.05) is 0 Å². The average Bonchev–Trinajstić information content (AvgIpc) is 2.01. The maximum Gasteiger partial charge on any atom is 0.238 e. The van der Waals surface area contributed by atoms with Crippen LogP contribution < -0.4 is 10.3 Å². The summed E-state index contributed by atoms with van der Waals surface area (Å²) in [6.07, 6.45) is 0. The standard InChI is InChI=1S/C9H15NO2SSi/c1-14(2,3)9-6-4-5-8(7-9)13(10,11)12/h4-7H,1-3H3,(H2,10,11,12). The molecule has 1 rings (SSSR count). The van der Waals surface area contributed by atoms with Gasteiger partial charge >= 0.3 is 0 Å². The second-order valence-electron chi connectivity index (χ2n) is 4.32. The van der Waals surface area contributed by atoms with E-state index in [-0.39, 0.29) is 4.90 Å². The Kier molecular flexibility index (Phi) is 2.85. The van der Waals surface area contributed by atoms with Gasteiger partial charge in [-0.25, -0.2) is 13.6 Å². The van der Waals surface area contributed by atoms with Gasteiger partial charge in [-0.1, -0.05) is 37.0 Å². The van der Waals surface area contributed by atoms with Crippen molar-refractivity contribution >= 4 is 23.3 Å². The molecule has 0 spiro atoms. The molecule has 5 heteroatoms. The van der Waals surface area contributed by atoms with Crippen LogP contribution in [0.5, 0.6) is 0 Å². The number of hydrogen-bond acceptors (Lipinski definition) is 2. The normalized spacial score (nSPS) is 12.9. The fourth-order valence-electron chi connectivity index (χ4n) is 1.14. The van der Waals surface area contributed by atoms with Gasteiger partial charge in [-0.3, -0.25) is 0 Å². The Labute approximate surface area is 86.0 Å². The van der Waals surface area contributed by atoms with Gasteiger partial charge in [0.05, 0.1) is 13.0 Å². The molecule has 0 bridgehead atoms. The van der Waals surface area contributed by atoms with E-state index >= 15 is 0 Å². The highest BCUT2D eigenvalue weighted by Gasteiger charge is 2.18. The van der Waals surface area contributed by atoms with Gasteiger partial charge in [0.15, 0.2) is 0 Å². The molecule has 1 aromatic carbocycles. The zero-order valence-electron chi connectivity index (χ0n) is 8.61. The van der Waals surface area contributed by atoms with Crippen LogP contribution in [0.3, 0.4) is 0 Å². The summed E-state index contributed by atoms with van der Waals surface area (Å²) in [7, 11) is -5.03. The Morgan fingerprint density at radius 2 is 1.79 bits per heavy atom. The Balaban J connectivity index is 3.29. The van der Waals surface area contributed by atoms with Crippen molar-refractivity contribution in [3.05, 3.63) is 24.3 Å². The summed E-state index contributed by atoms with van der Waals surface area (Å²) in [6.45, 7) is 6.49. The number of rotatable bonds is 2. The van der Waals surface area contributed by atoms with E-state index < -0.39 is 18.1 Å². The predicted molar refractivity (Wildman–Crippen MR) is 60.8 cm³/mol. The van der Waals surface area contributed by atoms with Crippen molar-refractivity contribution in [1.29, 1.82) is 0 Å². The van der Waals surface area contributed by atoms with Gasteiger partial charge in [-0.05, 0) is 12.1 Å². The molecule has 0 aliphatic rings. The summed E-state index contributed by atoms with van der Waals surface area (Å²) in [5.74, 6) is 0. The third-order valence-electron chi connectivity index (χ3n) is 2.03. The Hall–Kier alpha value is -0.653. The van der Waals surface area contributed by atoms with Crippen molar-refractivity contribution in [1.82, 2.24) is 0 Å². The van der Waals surface area contributed by atoms with Crippen molar-refractivity contribution in [3.63, 3.8) is 0 Å². The molecule has 0 unspecified atom stereocenters. The smallest absolute Gasteiger partial charge is 0.225 e. The summed E-state index contributed by atoms with van der Waals surface area (Å²) < 4.78 is 22.2. The highest BCUT2D eigenvalue weighted by atomic mass is 32.2. The third kappa shape index (κ3) is 2.67. The average molecular weight is 229 g/mol. The topological polar surface area (TPSA) is 60.2 Å². The van der Waals surface area contributed by atoms with Crippen LogP contribution in [0.15, 0.2) is 29.2 Å². The van der Waals surface area contributed by atoms with Crippen molar-refractivity contribution in [3.8, 4) is 0 Å². The van der Waals surface area contributed by atoms with Crippen molar-refractivity contribution in [2.24, 2.45) is 5.14 Å². The highest BCUT2D eigenvalue weighted by molar-refractivity contribution is 7.89. The molecule has 0 fully saturated rings. The molecule has 0 aromatic heterocycles. The molecule has 0 saturated carbocycles. The molecule has 0 aliphatic heterocycles. The van der Waals surface area contributed by atoms with Gasteiger partial charge in [-0.15, -0.1) is 0 Å². The van der Waals surface area contributed by atoms with Crippen LogP contribution in [-0.2, 0) is 10.0 Å². The summed E-state index contributed by atoms with van der Waals surface area (Å²) >= 11 is 0. The van der Waals surface area contributed by atoms with Crippen LogP contribution >= 0.6 is 0 Å². The summed E-state index contributed by atoms with van der Waals surface area (Å²) in [4.78, 5) is 0.206. The third-order valence-corrected chi connectivity index (χ3v) is 4.98. The van der Waals surface area contributed by atoms with E-state index in [4.69, 9.17) is 5.14 Å². The summed E-state index contributed by atoms with van der Waals surface area (Å²) in [5, 5.41) is 6.16. The highest BCUT2D eigenvalue weighted by Crippen LogP contribution is 2.08. The molecule has 3 nitrogen and oxygen atoms in total. The first kappa shape index (κ1) is 11.4. The lowest BCUT2D eigenvalue weighted by Crippen LogP contribution is -2.38. The quantitative estimate of drug-likeness (QED) is 0.765. The minimum absolute atomic E-state index is 0.206. The van der Waals surface area contributed by atoms with E-state index in [1.807, 2.05) is 6.07 Å². The molecule has 0 aliphatic carbocycles. The van der Waals surface area contributed by atoms with E-state index in [9.17, 15) is 8.42 Å². The van der Waals surface area contributed by atoms with E-state index in [0.29, 0.717) is 0 Å². The Morgan fingerprint density at radius 1 is 1.21 bits per heavy atom. The van der Waals surface area contributed by atoms with Crippen LogP contribution in [0.1, 0.15) is 0 Å². The fourth-order valence-corrected chi connectivity index (χ4v) is 2.99. The van der Waals surface area contributed by atoms with Crippen molar-refractivity contribution in [2.45, 2.75) is 24.5 Å². The summed E-state index contributed by atoms with van der Waals surface area (Å²) in [6, 6.07) is 6.91. The molecule has 78 valence electrons. The maximum absolute atomic E-state index is 11.1. The van der Waals surface area contributed by atoms with Crippen LogP contribution in [0, 0.1) is 0 Å². The van der Waals surface area contributed by atoms with Gasteiger partial charge in [-0.2, -0.15) is 0 Å². The summed E-state index contributed by atoms with van der Waals surface area (Å²) in [5.41, 5.74) is 0. The predicted octanol–water partition coefficient (Wildman–Crippen LogP) is 0.879. The molecule has 2 N–H and O–H groups in total. The van der Waals surface area contributed by atoms with Crippen LogP contribution in [0.2, 0.25) is 19.6 Å². The molecule has 0 radical (unpaired) electrons. The second kappa shape index (κ2) is 3.49. The van der Waals surface area contributed by atoms with Gasteiger partial charge in [0.1, 0.15) is 0 Å². The first-order chi connectivity index (χ1) is 6.21.